The fourth-order valence-corrected chi connectivity index (χ4v) is 4.20. The summed E-state index contributed by atoms with van der Waals surface area (Å²) in [5.74, 6) is 2.26. The number of aliphatic hydroxyl groups is 1. The van der Waals surface area contributed by atoms with Crippen LogP contribution in [0.25, 0.3) is 11.4 Å². The quantitative estimate of drug-likeness (QED) is 0.650. The van der Waals surface area contributed by atoms with Crippen molar-refractivity contribution in [2.24, 2.45) is 0 Å². The van der Waals surface area contributed by atoms with Crippen molar-refractivity contribution in [3.8, 4) is 17.1 Å². The van der Waals surface area contributed by atoms with Gasteiger partial charge in [-0.05, 0) is 38.1 Å². The molecule has 0 aliphatic carbocycles. The van der Waals surface area contributed by atoms with Crippen molar-refractivity contribution >= 4 is 11.8 Å². The van der Waals surface area contributed by atoms with Gasteiger partial charge in [-0.1, -0.05) is 11.8 Å². The molecular weight excluding hydrogens is 364 g/mol. The van der Waals surface area contributed by atoms with Crippen molar-refractivity contribution in [3.05, 3.63) is 24.3 Å². The van der Waals surface area contributed by atoms with Crippen molar-refractivity contribution in [1.29, 1.82) is 0 Å². The average molecular weight is 394 g/mol. The predicted molar refractivity (Wildman–Crippen MR) is 106 cm³/mol. The van der Waals surface area contributed by atoms with Gasteiger partial charge in [0.2, 0.25) is 0 Å². The molecule has 1 aliphatic rings. The van der Waals surface area contributed by atoms with Crippen LogP contribution in [0.3, 0.4) is 0 Å². The van der Waals surface area contributed by atoms with E-state index < -0.39 is 0 Å². The van der Waals surface area contributed by atoms with Crippen LogP contribution < -0.4 is 9.64 Å². The van der Waals surface area contributed by atoms with E-state index in [1.54, 1.807) is 18.9 Å². The molecule has 0 spiro atoms. The molecule has 7 nitrogen and oxygen atoms in total. The minimum atomic E-state index is -0.371. The SMILES string of the molecule is COc1ccc(-c2nnc(SC[C@@H](O)C[NH+]3CCOCC3)n2C(C)C)cc1. The Labute approximate surface area is 164 Å². The van der Waals surface area contributed by atoms with E-state index in [-0.39, 0.29) is 12.1 Å². The van der Waals surface area contributed by atoms with E-state index in [1.165, 1.54) is 4.90 Å². The molecular formula is C19H29N4O3S+. The van der Waals surface area contributed by atoms with Crippen molar-refractivity contribution < 1.29 is 19.5 Å². The highest BCUT2D eigenvalue weighted by molar-refractivity contribution is 7.99. The number of rotatable bonds is 8. The number of hydrogen-bond donors (Lipinski definition) is 2. The van der Waals surface area contributed by atoms with Gasteiger partial charge in [-0.2, -0.15) is 0 Å². The Morgan fingerprint density at radius 1 is 1.22 bits per heavy atom. The lowest BCUT2D eigenvalue weighted by Crippen LogP contribution is -3.15. The van der Waals surface area contributed by atoms with E-state index in [0.29, 0.717) is 5.75 Å². The summed E-state index contributed by atoms with van der Waals surface area (Å²) in [7, 11) is 1.66. The second kappa shape index (κ2) is 9.54. The molecule has 1 aromatic carbocycles. The molecule has 0 unspecified atom stereocenters. The Morgan fingerprint density at radius 3 is 2.56 bits per heavy atom. The first kappa shape index (κ1) is 20.1. The van der Waals surface area contributed by atoms with E-state index in [9.17, 15) is 5.11 Å². The van der Waals surface area contributed by atoms with Crippen LogP contribution in [-0.4, -0.2) is 71.7 Å². The third-order valence-electron chi connectivity index (χ3n) is 4.66. The van der Waals surface area contributed by atoms with Crippen molar-refractivity contribution in [2.75, 3.05) is 45.7 Å². The van der Waals surface area contributed by atoms with Crippen LogP contribution in [0.1, 0.15) is 19.9 Å². The topological polar surface area (TPSA) is 73.8 Å². The summed E-state index contributed by atoms with van der Waals surface area (Å²) in [6.07, 6.45) is -0.371. The van der Waals surface area contributed by atoms with Gasteiger partial charge < -0.3 is 19.5 Å². The molecule has 0 radical (unpaired) electrons. The van der Waals surface area contributed by atoms with E-state index >= 15 is 0 Å². The van der Waals surface area contributed by atoms with Crippen LogP contribution in [0.2, 0.25) is 0 Å². The maximum Gasteiger partial charge on any atom is 0.191 e. The number of nitrogens with zero attached hydrogens (tertiary/aromatic N) is 3. The largest absolute Gasteiger partial charge is 0.497 e. The number of benzene rings is 1. The van der Waals surface area contributed by atoms with Crippen molar-refractivity contribution in [3.63, 3.8) is 0 Å². The van der Waals surface area contributed by atoms with Crippen LogP contribution in [0, 0.1) is 0 Å². The Balaban J connectivity index is 1.67. The highest BCUT2D eigenvalue weighted by Crippen LogP contribution is 2.28. The van der Waals surface area contributed by atoms with E-state index in [1.807, 2.05) is 24.3 Å². The second-order valence-electron chi connectivity index (χ2n) is 7.03. The maximum absolute atomic E-state index is 10.4. The molecule has 1 atom stereocenters. The first-order chi connectivity index (χ1) is 13.1. The van der Waals surface area contributed by atoms with Gasteiger partial charge in [0.1, 0.15) is 31.5 Å². The molecule has 0 amide bonds. The molecule has 2 heterocycles. The van der Waals surface area contributed by atoms with E-state index in [4.69, 9.17) is 9.47 Å². The third kappa shape index (κ3) is 5.22. The molecule has 2 N–H and O–H groups in total. The fraction of sp³-hybridized carbons (Fsp3) is 0.579. The number of nitrogens with one attached hydrogen (secondary N) is 1. The monoisotopic (exact) mass is 393 g/mol. The van der Waals surface area contributed by atoms with Gasteiger partial charge in [-0.3, -0.25) is 4.57 Å². The molecule has 1 aromatic heterocycles. The molecule has 2 aromatic rings. The second-order valence-corrected chi connectivity index (χ2v) is 8.02. The Hall–Kier alpha value is -1.61. The highest BCUT2D eigenvalue weighted by atomic mass is 32.2. The van der Waals surface area contributed by atoms with Crippen LogP contribution >= 0.6 is 11.8 Å². The van der Waals surface area contributed by atoms with Crippen LogP contribution in [0.15, 0.2) is 29.4 Å². The molecule has 1 aliphatic heterocycles. The number of thioether (sulfide) groups is 1. The van der Waals surface area contributed by atoms with Crippen LogP contribution in [0.5, 0.6) is 5.75 Å². The Morgan fingerprint density at radius 2 is 1.93 bits per heavy atom. The molecule has 27 heavy (non-hydrogen) atoms. The Kier molecular flexibility index (Phi) is 7.12. The number of hydrogen-bond acceptors (Lipinski definition) is 6. The summed E-state index contributed by atoms with van der Waals surface area (Å²) in [6.45, 7) is 8.47. The van der Waals surface area contributed by atoms with Crippen LogP contribution in [0.4, 0.5) is 0 Å². The zero-order chi connectivity index (χ0) is 19.2. The third-order valence-corrected chi connectivity index (χ3v) is 5.75. The molecule has 148 valence electrons. The summed E-state index contributed by atoms with van der Waals surface area (Å²) in [4.78, 5) is 1.40. The first-order valence-electron chi connectivity index (χ1n) is 9.40. The number of quaternary nitrogens is 1. The normalized spacial score (nSPS) is 16.6. The first-order valence-corrected chi connectivity index (χ1v) is 10.4. The van der Waals surface area contributed by atoms with Crippen molar-refractivity contribution in [2.45, 2.75) is 31.1 Å². The molecule has 0 bridgehead atoms. The molecule has 0 saturated carbocycles. The summed E-state index contributed by atoms with van der Waals surface area (Å²) in [5, 5.41) is 20.0. The molecule has 1 saturated heterocycles. The molecule has 1 fully saturated rings. The zero-order valence-electron chi connectivity index (χ0n) is 16.2. The summed E-state index contributed by atoms with van der Waals surface area (Å²) in [6, 6.07) is 8.06. The molecule has 8 heteroatoms. The summed E-state index contributed by atoms with van der Waals surface area (Å²) >= 11 is 1.57. The number of ether oxygens (including phenoxy) is 2. The van der Waals surface area contributed by atoms with E-state index in [2.05, 4.69) is 28.6 Å². The zero-order valence-corrected chi connectivity index (χ0v) is 17.0. The number of aromatic nitrogens is 3. The number of aliphatic hydroxyl groups excluding tert-OH is 1. The lowest BCUT2D eigenvalue weighted by atomic mass is 10.2. The van der Waals surface area contributed by atoms with Gasteiger partial charge in [-0.15, -0.1) is 10.2 Å². The lowest BCUT2D eigenvalue weighted by Gasteiger charge is -2.25. The van der Waals surface area contributed by atoms with Crippen LogP contribution in [-0.2, 0) is 4.74 Å². The smallest absolute Gasteiger partial charge is 0.191 e. The average Bonchev–Trinajstić information content (AvgIpc) is 3.11. The van der Waals surface area contributed by atoms with Gasteiger partial charge >= 0.3 is 0 Å². The highest BCUT2D eigenvalue weighted by Gasteiger charge is 2.21. The van der Waals surface area contributed by atoms with Gasteiger partial charge in [0.05, 0.1) is 20.3 Å². The standard InChI is InChI=1S/C19H28N4O3S/c1-14(2)23-18(15-4-6-17(25-3)7-5-15)20-21-19(23)27-13-16(24)12-22-8-10-26-11-9-22/h4-7,14,16,24H,8-13H2,1-3H3/p+1/t16-/m0/s1. The minimum Gasteiger partial charge on any atom is -0.497 e. The maximum atomic E-state index is 10.4. The van der Waals surface area contributed by atoms with Crippen molar-refractivity contribution in [1.82, 2.24) is 14.8 Å². The molecule has 3 rings (SSSR count). The van der Waals surface area contributed by atoms with E-state index in [0.717, 1.165) is 55.1 Å². The number of methoxy groups -OCH3 is 1. The minimum absolute atomic E-state index is 0.224. The Bertz CT molecular complexity index is 714. The van der Waals surface area contributed by atoms with Gasteiger partial charge in [0.15, 0.2) is 11.0 Å². The van der Waals surface area contributed by atoms with Gasteiger partial charge in [0, 0.05) is 17.4 Å². The predicted octanol–water partition coefficient (Wildman–Crippen LogP) is 0.903. The van der Waals surface area contributed by atoms with Gasteiger partial charge in [-0.25, -0.2) is 0 Å². The lowest BCUT2D eigenvalue weighted by molar-refractivity contribution is -0.910. The fourth-order valence-electron chi connectivity index (χ4n) is 3.20. The summed E-state index contributed by atoms with van der Waals surface area (Å²) in [5.41, 5.74) is 1.00. The van der Waals surface area contributed by atoms with Gasteiger partial charge in [0.25, 0.3) is 0 Å². The number of morpholine rings is 1. The summed E-state index contributed by atoms with van der Waals surface area (Å²) < 4.78 is 12.7.